The first kappa shape index (κ1) is 17.1. The molecule has 1 atom stereocenters. The fraction of sp³-hybridized carbons (Fsp3) is 0.471. The van der Waals surface area contributed by atoms with Gasteiger partial charge in [-0.3, -0.25) is 4.68 Å². The molecule has 0 bridgehead atoms. The van der Waals surface area contributed by atoms with E-state index in [9.17, 15) is 13.5 Å². The highest BCUT2D eigenvalue weighted by molar-refractivity contribution is 7.89. The van der Waals surface area contributed by atoms with E-state index in [0.29, 0.717) is 24.2 Å². The van der Waals surface area contributed by atoms with Crippen molar-refractivity contribution in [1.82, 2.24) is 14.5 Å². The van der Waals surface area contributed by atoms with Crippen LogP contribution in [-0.2, 0) is 29.9 Å². The topological polar surface area (TPSA) is 84.2 Å². The number of aromatic nitrogens is 2. The molecule has 1 aliphatic rings. The standard InChI is InChI=1S/C17H23N3O3S/c1-12-16(13(2)20(3)19-12)24(22,23)18-11-17(21)9-8-14-6-4-5-7-15(14)10-17/h4-7,18,21H,8-11H2,1-3H3. The number of hydrogen-bond acceptors (Lipinski definition) is 4. The number of nitrogens with one attached hydrogen (secondary N) is 1. The van der Waals surface area contributed by atoms with Crippen molar-refractivity contribution in [2.75, 3.05) is 6.54 Å². The highest BCUT2D eigenvalue weighted by Gasteiger charge is 2.34. The Morgan fingerprint density at radius 3 is 2.58 bits per heavy atom. The molecule has 3 rings (SSSR count). The van der Waals surface area contributed by atoms with E-state index in [4.69, 9.17) is 0 Å². The lowest BCUT2D eigenvalue weighted by molar-refractivity contribution is 0.0317. The molecule has 2 N–H and O–H groups in total. The predicted octanol–water partition coefficient (Wildman–Crippen LogP) is 1.24. The maximum Gasteiger partial charge on any atom is 0.244 e. The largest absolute Gasteiger partial charge is 0.388 e. The van der Waals surface area contributed by atoms with E-state index in [1.54, 1.807) is 25.6 Å². The highest BCUT2D eigenvalue weighted by atomic mass is 32.2. The van der Waals surface area contributed by atoms with Crippen molar-refractivity contribution >= 4 is 10.0 Å². The third-order valence-electron chi connectivity index (χ3n) is 4.80. The maximum absolute atomic E-state index is 12.6. The number of aryl methyl sites for hydroxylation is 3. The lowest BCUT2D eigenvalue weighted by Crippen LogP contribution is -2.46. The average Bonchev–Trinajstić information content (AvgIpc) is 2.79. The minimum atomic E-state index is -3.71. The first-order chi connectivity index (χ1) is 11.2. The van der Waals surface area contributed by atoms with Gasteiger partial charge in [0.25, 0.3) is 0 Å². The molecular weight excluding hydrogens is 326 g/mol. The molecule has 0 spiro atoms. The molecule has 0 fully saturated rings. The van der Waals surface area contributed by atoms with Crippen molar-refractivity contribution in [3.05, 3.63) is 46.8 Å². The summed E-state index contributed by atoms with van der Waals surface area (Å²) in [5.74, 6) is 0. The number of rotatable bonds is 4. The Morgan fingerprint density at radius 2 is 1.96 bits per heavy atom. The van der Waals surface area contributed by atoms with Crippen LogP contribution in [0.25, 0.3) is 0 Å². The van der Waals surface area contributed by atoms with E-state index in [-0.39, 0.29) is 11.4 Å². The third-order valence-corrected chi connectivity index (χ3v) is 6.45. The summed E-state index contributed by atoms with van der Waals surface area (Å²) in [6.45, 7) is 3.39. The summed E-state index contributed by atoms with van der Waals surface area (Å²) in [7, 11) is -1.99. The normalized spacial score (nSPS) is 20.8. The van der Waals surface area contributed by atoms with Crippen LogP contribution in [0.1, 0.15) is 28.9 Å². The Labute approximate surface area is 142 Å². The smallest absolute Gasteiger partial charge is 0.244 e. The second-order valence-electron chi connectivity index (χ2n) is 6.62. The van der Waals surface area contributed by atoms with Gasteiger partial charge in [-0.05, 0) is 37.8 Å². The summed E-state index contributed by atoms with van der Waals surface area (Å²) in [5.41, 5.74) is 2.29. The zero-order valence-corrected chi connectivity index (χ0v) is 15.0. The molecule has 2 aromatic rings. The summed E-state index contributed by atoms with van der Waals surface area (Å²) in [4.78, 5) is 0.199. The number of sulfonamides is 1. The number of benzene rings is 1. The Bertz CT molecular complexity index is 873. The molecule has 6 nitrogen and oxygen atoms in total. The quantitative estimate of drug-likeness (QED) is 0.870. The number of fused-ring (bicyclic) bond motifs is 1. The van der Waals surface area contributed by atoms with E-state index in [2.05, 4.69) is 15.9 Å². The fourth-order valence-electron chi connectivity index (χ4n) is 3.38. The first-order valence-electron chi connectivity index (χ1n) is 8.01. The Morgan fingerprint density at radius 1 is 1.29 bits per heavy atom. The van der Waals surface area contributed by atoms with Gasteiger partial charge in [-0.15, -0.1) is 0 Å². The molecule has 7 heteroatoms. The molecule has 24 heavy (non-hydrogen) atoms. The van der Waals surface area contributed by atoms with Crippen molar-refractivity contribution < 1.29 is 13.5 Å². The summed E-state index contributed by atoms with van der Waals surface area (Å²) in [6, 6.07) is 7.97. The zero-order valence-electron chi connectivity index (χ0n) is 14.2. The van der Waals surface area contributed by atoms with Crippen LogP contribution in [0.2, 0.25) is 0 Å². The molecule has 1 aromatic carbocycles. The number of hydrogen-bond donors (Lipinski definition) is 2. The van der Waals surface area contributed by atoms with Crippen LogP contribution >= 0.6 is 0 Å². The van der Waals surface area contributed by atoms with Gasteiger partial charge in [0.1, 0.15) is 4.90 Å². The summed E-state index contributed by atoms with van der Waals surface area (Å²) in [5, 5.41) is 15.0. The highest BCUT2D eigenvalue weighted by Crippen LogP contribution is 2.29. The van der Waals surface area contributed by atoms with E-state index in [1.165, 1.54) is 5.56 Å². The van der Waals surface area contributed by atoms with Crippen LogP contribution in [0.3, 0.4) is 0 Å². The van der Waals surface area contributed by atoms with Crippen molar-refractivity contribution in [3.8, 4) is 0 Å². The Hall–Kier alpha value is -1.70. The molecule has 0 aliphatic heterocycles. The van der Waals surface area contributed by atoms with Gasteiger partial charge in [-0.25, -0.2) is 13.1 Å². The van der Waals surface area contributed by atoms with Gasteiger partial charge in [0.15, 0.2) is 0 Å². The molecule has 130 valence electrons. The van der Waals surface area contributed by atoms with Gasteiger partial charge < -0.3 is 5.11 Å². The van der Waals surface area contributed by atoms with Gasteiger partial charge in [0, 0.05) is 20.0 Å². The monoisotopic (exact) mass is 349 g/mol. The molecule has 0 saturated carbocycles. The summed E-state index contributed by atoms with van der Waals surface area (Å²) >= 11 is 0. The number of nitrogens with zero attached hydrogens (tertiary/aromatic N) is 2. The fourth-order valence-corrected chi connectivity index (χ4v) is 4.93. The van der Waals surface area contributed by atoms with Crippen LogP contribution in [0, 0.1) is 13.8 Å². The van der Waals surface area contributed by atoms with Crippen molar-refractivity contribution in [1.29, 1.82) is 0 Å². The predicted molar refractivity (Wildman–Crippen MR) is 91.3 cm³/mol. The summed E-state index contributed by atoms with van der Waals surface area (Å²) < 4.78 is 29.4. The van der Waals surface area contributed by atoms with Crippen LogP contribution in [0.4, 0.5) is 0 Å². The third kappa shape index (κ3) is 3.11. The van der Waals surface area contributed by atoms with Gasteiger partial charge in [-0.1, -0.05) is 24.3 Å². The zero-order chi connectivity index (χ0) is 17.5. The van der Waals surface area contributed by atoms with E-state index >= 15 is 0 Å². The van der Waals surface area contributed by atoms with E-state index in [1.807, 2.05) is 18.2 Å². The van der Waals surface area contributed by atoms with Gasteiger partial charge in [-0.2, -0.15) is 5.10 Å². The Kier molecular flexibility index (Phi) is 4.27. The molecule has 1 heterocycles. The minimum Gasteiger partial charge on any atom is -0.388 e. The van der Waals surface area contributed by atoms with Gasteiger partial charge in [0.05, 0.1) is 17.0 Å². The molecule has 0 saturated heterocycles. The molecule has 1 unspecified atom stereocenters. The first-order valence-corrected chi connectivity index (χ1v) is 9.49. The van der Waals surface area contributed by atoms with Crippen molar-refractivity contribution in [2.45, 2.75) is 43.6 Å². The van der Waals surface area contributed by atoms with Gasteiger partial charge in [0.2, 0.25) is 10.0 Å². The van der Waals surface area contributed by atoms with Gasteiger partial charge >= 0.3 is 0 Å². The molecular formula is C17H23N3O3S. The maximum atomic E-state index is 12.6. The lowest BCUT2D eigenvalue weighted by Gasteiger charge is -2.33. The van der Waals surface area contributed by atoms with Crippen LogP contribution < -0.4 is 4.72 Å². The lowest BCUT2D eigenvalue weighted by atomic mass is 9.80. The number of aliphatic hydroxyl groups is 1. The van der Waals surface area contributed by atoms with Crippen LogP contribution in [0.15, 0.2) is 29.2 Å². The minimum absolute atomic E-state index is 0.00254. The van der Waals surface area contributed by atoms with Crippen molar-refractivity contribution in [3.63, 3.8) is 0 Å². The SMILES string of the molecule is Cc1nn(C)c(C)c1S(=O)(=O)NCC1(O)CCc2ccccc2C1. The van der Waals surface area contributed by atoms with Crippen LogP contribution in [0.5, 0.6) is 0 Å². The van der Waals surface area contributed by atoms with E-state index < -0.39 is 15.6 Å². The second kappa shape index (κ2) is 5.98. The molecule has 1 aliphatic carbocycles. The molecule has 1 aromatic heterocycles. The summed E-state index contributed by atoms with van der Waals surface area (Å²) in [6.07, 6.45) is 1.74. The second-order valence-corrected chi connectivity index (χ2v) is 8.32. The van der Waals surface area contributed by atoms with Crippen molar-refractivity contribution in [2.24, 2.45) is 7.05 Å². The molecule has 0 radical (unpaired) electrons. The average molecular weight is 349 g/mol. The van der Waals surface area contributed by atoms with Crippen LogP contribution in [-0.4, -0.2) is 35.5 Å². The molecule has 0 amide bonds. The Balaban J connectivity index is 1.78. The van der Waals surface area contributed by atoms with E-state index in [0.717, 1.165) is 12.0 Å².